The number of ether oxygens (including phenoxy) is 1. The zero-order valence-electron chi connectivity index (χ0n) is 14.0. The van der Waals surface area contributed by atoms with Crippen molar-refractivity contribution in [3.05, 3.63) is 40.9 Å². The van der Waals surface area contributed by atoms with Gasteiger partial charge in [0.1, 0.15) is 5.01 Å². The van der Waals surface area contributed by atoms with Gasteiger partial charge in [0.05, 0.1) is 31.2 Å². The number of amides is 1. The van der Waals surface area contributed by atoms with E-state index in [0.717, 1.165) is 16.3 Å². The number of carboxylic acids is 1. The Morgan fingerprint density at radius 1 is 1.36 bits per heavy atom. The Bertz CT molecular complexity index is 757. The molecule has 1 unspecified atom stereocenters. The van der Waals surface area contributed by atoms with Crippen LogP contribution in [0.25, 0.3) is 10.6 Å². The molecule has 0 radical (unpaired) electrons. The van der Waals surface area contributed by atoms with Crippen molar-refractivity contribution < 1.29 is 19.4 Å². The highest BCUT2D eigenvalue weighted by Crippen LogP contribution is 2.24. The average Bonchev–Trinajstić information content (AvgIpc) is 3.03. The molecular formula is C18H20N2O4S. The summed E-state index contributed by atoms with van der Waals surface area (Å²) in [5, 5.41) is 11.7. The summed E-state index contributed by atoms with van der Waals surface area (Å²) in [6.07, 6.45) is -0.297. The van der Waals surface area contributed by atoms with Crippen molar-refractivity contribution >= 4 is 23.2 Å². The summed E-state index contributed by atoms with van der Waals surface area (Å²) in [4.78, 5) is 29.5. The number of aromatic nitrogens is 1. The first kappa shape index (κ1) is 17.6. The molecule has 6 nitrogen and oxygen atoms in total. The maximum absolute atomic E-state index is 12.5. The molecule has 1 aliphatic heterocycles. The van der Waals surface area contributed by atoms with Gasteiger partial charge in [-0.15, -0.1) is 11.3 Å². The first-order valence-electron chi connectivity index (χ1n) is 8.14. The lowest BCUT2D eigenvalue weighted by Crippen LogP contribution is -2.46. The van der Waals surface area contributed by atoms with Crippen LogP contribution in [0, 0.1) is 6.92 Å². The zero-order chi connectivity index (χ0) is 17.8. The van der Waals surface area contributed by atoms with Crippen LogP contribution in [0.2, 0.25) is 0 Å². The number of thiazole rings is 1. The van der Waals surface area contributed by atoms with E-state index in [0.29, 0.717) is 19.7 Å². The summed E-state index contributed by atoms with van der Waals surface area (Å²) in [7, 11) is 0. The Labute approximate surface area is 150 Å². The van der Waals surface area contributed by atoms with Crippen LogP contribution >= 0.6 is 11.3 Å². The van der Waals surface area contributed by atoms with Crippen LogP contribution in [0.5, 0.6) is 0 Å². The van der Waals surface area contributed by atoms with Gasteiger partial charge in [-0.25, -0.2) is 4.98 Å². The van der Waals surface area contributed by atoms with Crippen molar-refractivity contribution in [1.82, 2.24) is 9.88 Å². The van der Waals surface area contributed by atoms with E-state index in [1.165, 1.54) is 16.9 Å². The van der Waals surface area contributed by atoms with Crippen LogP contribution in [-0.2, 0) is 20.7 Å². The number of carboxylic acid groups (broad SMARTS) is 1. The van der Waals surface area contributed by atoms with Crippen LogP contribution in [0.1, 0.15) is 17.7 Å². The maximum Gasteiger partial charge on any atom is 0.306 e. The third kappa shape index (κ3) is 4.64. The Hall–Kier alpha value is -2.25. The minimum Gasteiger partial charge on any atom is -0.481 e. The third-order valence-corrected chi connectivity index (χ3v) is 5.02. The molecule has 132 valence electrons. The van der Waals surface area contributed by atoms with Crippen molar-refractivity contribution in [3.63, 3.8) is 0 Å². The van der Waals surface area contributed by atoms with E-state index in [4.69, 9.17) is 9.84 Å². The Morgan fingerprint density at radius 2 is 2.12 bits per heavy atom. The molecule has 0 aliphatic carbocycles. The van der Waals surface area contributed by atoms with Gasteiger partial charge < -0.3 is 14.7 Å². The fourth-order valence-electron chi connectivity index (χ4n) is 2.75. The predicted octanol–water partition coefficient (Wildman–Crippen LogP) is 2.36. The molecule has 2 aromatic rings. The molecule has 0 bridgehead atoms. The quantitative estimate of drug-likeness (QED) is 0.885. The highest BCUT2D eigenvalue weighted by Gasteiger charge is 2.26. The number of carbonyl (C=O) groups is 2. The SMILES string of the molecule is Cc1ccc(-c2nc(CC(=O)N3CCOC(CC(=O)O)C3)cs2)cc1. The fraction of sp³-hybridized carbons (Fsp3) is 0.389. The predicted molar refractivity (Wildman–Crippen MR) is 94.6 cm³/mol. The minimum absolute atomic E-state index is 0.0422. The van der Waals surface area contributed by atoms with Crippen LogP contribution in [0.3, 0.4) is 0 Å². The Kier molecular flexibility index (Phi) is 5.45. The molecule has 7 heteroatoms. The van der Waals surface area contributed by atoms with E-state index in [9.17, 15) is 9.59 Å². The van der Waals surface area contributed by atoms with Crippen LogP contribution in [-0.4, -0.2) is 52.7 Å². The summed E-state index contributed by atoms with van der Waals surface area (Å²) in [5.41, 5.74) is 2.98. The van der Waals surface area contributed by atoms with E-state index >= 15 is 0 Å². The van der Waals surface area contributed by atoms with Crippen molar-refractivity contribution in [3.8, 4) is 10.6 Å². The zero-order valence-corrected chi connectivity index (χ0v) is 14.8. The molecule has 0 spiro atoms. The van der Waals surface area contributed by atoms with Gasteiger partial charge in [0.25, 0.3) is 0 Å². The molecule has 25 heavy (non-hydrogen) atoms. The second-order valence-electron chi connectivity index (χ2n) is 6.12. The Balaban J connectivity index is 1.61. The van der Waals surface area contributed by atoms with Crippen LogP contribution in [0.15, 0.2) is 29.6 Å². The first-order chi connectivity index (χ1) is 12.0. The van der Waals surface area contributed by atoms with E-state index in [-0.39, 0.29) is 18.7 Å². The van der Waals surface area contributed by atoms with Crippen molar-refractivity contribution in [2.45, 2.75) is 25.9 Å². The number of aryl methyl sites for hydroxylation is 1. The maximum atomic E-state index is 12.5. The summed E-state index contributed by atoms with van der Waals surface area (Å²) < 4.78 is 5.40. The number of benzene rings is 1. The van der Waals surface area contributed by atoms with Gasteiger partial charge in [0, 0.05) is 24.0 Å². The highest BCUT2D eigenvalue weighted by molar-refractivity contribution is 7.13. The third-order valence-electron chi connectivity index (χ3n) is 4.08. The normalized spacial score (nSPS) is 17.5. The number of carbonyl (C=O) groups excluding carboxylic acids is 1. The van der Waals surface area contributed by atoms with Crippen LogP contribution < -0.4 is 0 Å². The second-order valence-corrected chi connectivity index (χ2v) is 6.98. The molecule has 1 atom stereocenters. The fourth-order valence-corrected chi connectivity index (χ4v) is 3.57. The molecule has 1 aromatic heterocycles. The molecule has 1 fully saturated rings. The number of rotatable bonds is 5. The van der Waals surface area contributed by atoms with Gasteiger partial charge in [-0.2, -0.15) is 0 Å². The molecule has 0 saturated carbocycles. The van der Waals surface area contributed by atoms with Gasteiger partial charge in [-0.1, -0.05) is 29.8 Å². The van der Waals surface area contributed by atoms with E-state index in [1.807, 2.05) is 36.6 Å². The highest BCUT2D eigenvalue weighted by atomic mass is 32.1. The van der Waals surface area contributed by atoms with Gasteiger partial charge in [0.15, 0.2) is 0 Å². The summed E-state index contributed by atoms with van der Waals surface area (Å²) in [6, 6.07) is 8.13. The smallest absolute Gasteiger partial charge is 0.306 e. The summed E-state index contributed by atoms with van der Waals surface area (Å²) in [6.45, 7) is 3.22. The number of hydrogen-bond acceptors (Lipinski definition) is 5. The number of aliphatic carboxylic acids is 1. The minimum atomic E-state index is -0.915. The summed E-state index contributed by atoms with van der Waals surface area (Å²) >= 11 is 1.52. The lowest BCUT2D eigenvalue weighted by molar-refractivity contribution is -0.147. The largest absolute Gasteiger partial charge is 0.481 e. The number of hydrogen-bond donors (Lipinski definition) is 1. The van der Waals surface area contributed by atoms with Crippen LogP contribution in [0.4, 0.5) is 0 Å². The van der Waals surface area contributed by atoms with Crippen molar-refractivity contribution in [1.29, 1.82) is 0 Å². The molecule has 1 saturated heterocycles. The molecule has 1 amide bonds. The topological polar surface area (TPSA) is 79.7 Å². The van der Waals surface area contributed by atoms with E-state index in [2.05, 4.69) is 4.98 Å². The van der Waals surface area contributed by atoms with Crippen molar-refractivity contribution in [2.24, 2.45) is 0 Å². The summed E-state index contributed by atoms with van der Waals surface area (Å²) in [5.74, 6) is -0.957. The van der Waals surface area contributed by atoms with E-state index in [1.54, 1.807) is 4.90 Å². The Morgan fingerprint density at radius 3 is 2.84 bits per heavy atom. The average molecular weight is 360 g/mol. The molecule has 2 heterocycles. The van der Waals surface area contributed by atoms with Gasteiger partial charge >= 0.3 is 5.97 Å². The number of nitrogens with zero attached hydrogens (tertiary/aromatic N) is 2. The molecule has 1 aromatic carbocycles. The molecular weight excluding hydrogens is 340 g/mol. The van der Waals surface area contributed by atoms with Gasteiger partial charge in [-0.05, 0) is 6.92 Å². The monoisotopic (exact) mass is 360 g/mol. The first-order valence-corrected chi connectivity index (χ1v) is 9.02. The number of morpholine rings is 1. The lowest BCUT2D eigenvalue weighted by atomic mass is 10.1. The second kappa shape index (κ2) is 7.76. The molecule has 1 aliphatic rings. The van der Waals surface area contributed by atoms with Gasteiger partial charge in [-0.3, -0.25) is 9.59 Å². The lowest BCUT2D eigenvalue weighted by Gasteiger charge is -2.32. The molecule has 1 N–H and O–H groups in total. The van der Waals surface area contributed by atoms with Crippen molar-refractivity contribution in [2.75, 3.05) is 19.7 Å². The molecule has 3 rings (SSSR count). The van der Waals surface area contributed by atoms with E-state index < -0.39 is 12.1 Å². The van der Waals surface area contributed by atoms with Gasteiger partial charge in [0.2, 0.25) is 5.91 Å². The standard InChI is InChI=1S/C18H20N2O4S/c1-12-2-4-13(5-3-12)18-19-14(11-25-18)8-16(21)20-6-7-24-15(10-20)9-17(22)23/h2-5,11,15H,6-10H2,1H3,(H,22,23).